The summed E-state index contributed by atoms with van der Waals surface area (Å²) >= 11 is 3.39. The van der Waals surface area contributed by atoms with Gasteiger partial charge in [0.05, 0.1) is 0 Å². The van der Waals surface area contributed by atoms with Gasteiger partial charge in [-0.15, -0.1) is 23.5 Å². The van der Waals surface area contributed by atoms with Gasteiger partial charge in [-0.05, 0) is 73.9 Å². The van der Waals surface area contributed by atoms with Crippen LogP contribution in [0.4, 0.5) is 0 Å². The summed E-state index contributed by atoms with van der Waals surface area (Å²) in [7, 11) is 0. The Balaban J connectivity index is 2.41. The van der Waals surface area contributed by atoms with Gasteiger partial charge in [-0.1, -0.05) is 0 Å². The summed E-state index contributed by atoms with van der Waals surface area (Å²) in [4.78, 5) is 15.1. The molecule has 0 amide bonds. The summed E-state index contributed by atoms with van der Waals surface area (Å²) in [5.74, 6) is 0.111. The van der Waals surface area contributed by atoms with Crippen molar-refractivity contribution in [2.45, 2.75) is 23.6 Å². The molecule has 0 aromatic heterocycles. The highest BCUT2D eigenvalue weighted by atomic mass is 32.2. The molecule has 104 valence electrons. The van der Waals surface area contributed by atoms with Crippen LogP contribution in [-0.4, -0.2) is 18.3 Å². The third-order valence-corrected chi connectivity index (χ3v) is 4.81. The molecule has 2 rings (SSSR count). The molecule has 0 atom stereocenters. The predicted molar refractivity (Wildman–Crippen MR) is 89.4 cm³/mol. The lowest BCUT2D eigenvalue weighted by Gasteiger charge is -2.10. The second-order valence-corrected chi connectivity index (χ2v) is 6.45. The predicted octanol–water partition coefficient (Wildman–Crippen LogP) is 4.98. The monoisotopic (exact) mass is 302 g/mol. The van der Waals surface area contributed by atoms with Gasteiger partial charge >= 0.3 is 0 Å². The molecule has 0 aliphatic heterocycles. The number of aryl methyl sites for hydroxylation is 2. The highest BCUT2D eigenvalue weighted by Crippen LogP contribution is 2.24. The van der Waals surface area contributed by atoms with Gasteiger partial charge < -0.3 is 0 Å². The van der Waals surface area contributed by atoms with E-state index in [1.165, 1.54) is 9.79 Å². The van der Waals surface area contributed by atoms with Crippen molar-refractivity contribution in [2.75, 3.05) is 12.5 Å². The summed E-state index contributed by atoms with van der Waals surface area (Å²) in [6, 6.07) is 12.0. The Bertz CT molecular complexity index is 592. The lowest BCUT2D eigenvalue weighted by molar-refractivity contribution is 0.103. The van der Waals surface area contributed by atoms with Gasteiger partial charge in [-0.25, -0.2) is 0 Å². The quantitative estimate of drug-likeness (QED) is 0.586. The molecule has 0 unspecified atom stereocenters. The fourth-order valence-electron chi connectivity index (χ4n) is 2.18. The van der Waals surface area contributed by atoms with E-state index in [4.69, 9.17) is 0 Å². The van der Waals surface area contributed by atoms with Crippen molar-refractivity contribution in [1.29, 1.82) is 0 Å². The molecule has 1 nitrogen and oxygen atoms in total. The summed E-state index contributed by atoms with van der Waals surface area (Å²) in [5.41, 5.74) is 3.66. The molecule has 0 saturated heterocycles. The SMILES string of the molecule is CSc1ccc(C(=O)c2ccc(SC)cc2C)c(C)c1. The molecule has 0 radical (unpaired) electrons. The summed E-state index contributed by atoms with van der Waals surface area (Å²) in [5, 5.41) is 0. The minimum atomic E-state index is 0.111. The number of rotatable bonds is 4. The van der Waals surface area contributed by atoms with E-state index in [-0.39, 0.29) is 5.78 Å². The van der Waals surface area contributed by atoms with E-state index >= 15 is 0 Å². The van der Waals surface area contributed by atoms with Gasteiger partial charge in [0.1, 0.15) is 0 Å². The number of carbonyl (C=O) groups is 1. The Kier molecular flexibility index (Phi) is 4.95. The second-order valence-electron chi connectivity index (χ2n) is 4.69. The topological polar surface area (TPSA) is 17.1 Å². The Morgan fingerprint density at radius 1 is 0.800 bits per heavy atom. The number of hydrogen-bond acceptors (Lipinski definition) is 3. The molecular weight excluding hydrogens is 284 g/mol. The number of thioether (sulfide) groups is 2. The first-order valence-corrected chi connectivity index (χ1v) is 8.85. The van der Waals surface area contributed by atoms with Crippen molar-refractivity contribution in [2.24, 2.45) is 0 Å². The zero-order chi connectivity index (χ0) is 14.7. The van der Waals surface area contributed by atoms with Gasteiger partial charge in [-0.3, -0.25) is 4.79 Å². The highest BCUT2D eigenvalue weighted by molar-refractivity contribution is 7.98. The average Bonchev–Trinajstić information content (AvgIpc) is 2.46. The third kappa shape index (κ3) is 3.10. The first-order chi connectivity index (χ1) is 9.56. The maximum absolute atomic E-state index is 12.7. The van der Waals surface area contributed by atoms with E-state index in [0.29, 0.717) is 0 Å². The van der Waals surface area contributed by atoms with E-state index in [9.17, 15) is 4.79 Å². The Morgan fingerprint density at radius 3 is 1.50 bits per heavy atom. The van der Waals surface area contributed by atoms with Crippen LogP contribution in [0, 0.1) is 13.8 Å². The molecule has 0 spiro atoms. The molecule has 2 aromatic carbocycles. The Hall–Kier alpha value is -1.19. The van der Waals surface area contributed by atoms with Crippen LogP contribution in [0.1, 0.15) is 27.0 Å². The molecule has 0 fully saturated rings. The molecule has 20 heavy (non-hydrogen) atoms. The highest BCUT2D eigenvalue weighted by Gasteiger charge is 2.14. The molecule has 0 aliphatic rings. The van der Waals surface area contributed by atoms with E-state index in [1.807, 2.05) is 50.6 Å². The minimum absolute atomic E-state index is 0.111. The standard InChI is InChI=1S/C17H18OS2/c1-11-9-13(19-3)5-7-15(11)17(18)16-8-6-14(20-4)10-12(16)2/h5-10H,1-4H3. The van der Waals surface area contributed by atoms with E-state index in [2.05, 4.69) is 12.1 Å². The van der Waals surface area contributed by atoms with Gasteiger partial charge in [0.2, 0.25) is 0 Å². The number of benzene rings is 2. The molecule has 0 bridgehead atoms. The first-order valence-electron chi connectivity index (χ1n) is 6.40. The van der Waals surface area contributed by atoms with Gasteiger partial charge in [-0.2, -0.15) is 0 Å². The van der Waals surface area contributed by atoms with Crippen LogP contribution in [-0.2, 0) is 0 Å². The average molecular weight is 302 g/mol. The Labute approximate surface area is 129 Å². The molecule has 0 N–H and O–H groups in total. The van der Waals surface area contributed by atoms with Crippen molar-refractivity contribution in [1.82, 2.24) is 0 Å². The molecular formula is C17H18OS2. The van der Waals surface area contributed by atoms with Crippen molar-refractivity contribution in [3.05, 3.63) is 58.7 Å². The molecule has 0 heterocycles. The first kappa shape index (κ1) is 15.2. The molecule has 2 aromatic rings. The molecule has 0 aliphatic carbocycles. The lowest BCUT2D eigenvalue weighted by atomic mass is 9.96. The summed E-state index contributed by atoms with van der Waals surface area (Å²) in [6.07, 6.45) is 4.09. The van der Waals surface area contributed by atoms with Crippen molar-refractivity contribution >= 4 is 29.3 Å². The number of carbonyl (C=O) groups excluding carboxylic acids is 1. The summed E-state index contributed by atoms with van der Waals surface area (Å²) in [6.45, 7) is 4.00. The number of hydrogen-bond donors (Lipinski definition) is 0. The maximum atomic E-state index is 12.7. The molecule has 3 heteroatoms. The smallest absolute Gasteiger partial charge is 0.193 e. The normalized spacial score (nSPS) is 10.6. The van der Waals surface area contributed by atoms with Crippen LogP contribution in [0.15, 0.2) is 46.2 Å². The summed E-state index contributed by atoms with van der Waals surface area (Å²) < 4.78 is 0. The van der Waals surface area contributed by atoms with Gasteiger partial charge in [0, 0.05) is 20.9 Å². The van der Waals surface area contributed by atoms with E-state index < -0.39 is 0 Å². The fraction of sp³-hybridized carbons (Fsp3) is 0.235. The van der Waals surface area contributed by atoms with Gasteiger partial charge in [0.25, 0.3) is 0 Å². The molecule has 0 saturated carbocycles. The van der Waals surface area contributed by atoms with Crippen LogP contribution >= 0.6 is 23.5 Å². The van der Waals surface area contributed by atoms with Crippen LogP contribution in [0.25, 0.3) is 0 Å². The zero-order valence-corrected chi connectivity index (χ0v) is 13.8. The third-order valence-electron chi connectivity index (χ3n) is 3.36. The maximum Gasteiger partial charge on any atom is 0.193 e. The van der Waals surface area contributed by atoms with Crippen LogP contribution in [0.5, 0.6) is 0 Å². The van der Waals surface area contributed by atoms with Crippen LogP contribution in [0.3, 0.4) is 0 Å². The van der Waals surface area contributed by atoms with Crippen LogP contribution < -0.4 is 0 Å². The lowest BCUT2D eigenvalue weighted by Crippen LogP contribution is -2.06. The number of ketones is 1. The van der Waals surface area contributed by atoms with Crippen molar-refractivity contribution in [3.63, 3.8) is 0 Å². The zero-order valence-electron chi connectivity index (χ0n) is 12.2. The van der Waals surface area contributed by atoms with E-state index in [1.54, 1.807) is 23.5 Å². The van der Waals surface area contributed by atoms with Crippen LogP contribution in [0.2, 0.25) is 0 Å². The van der Waals surface area contributed by atoms with Gasteiger partial charge in [0.15, 0.2) is 5.78 Å². The fourth-order valence-corrected chi connectivity index (χ4v) is 3.18. The minimum Gasteiger partial charge on any atom is -0.289 e. The van der Waals surface area contributed by atoms with E-state index in [0.717, 1.165) is 22.3 Å². The largest absolute Gasteiger partial charge is 0.289 e. The van der Waals surface area contributed by atoms with Crippen molar-refractivity contribution in [3.8, 4) is 0 Å². The Morgan fingerprint density at radius 2 is 1.20 bits per heavy atom. The van der Waals surface area contributed by atoms with Crippen molar-refractivity contribution < 1.29 is 4.79 Å². The second kappa shape index (κ2) is 6.51.